The standard InChI is InChI=1S/C17H35N3O3/c1-18-16(19-10-4-5-11-23-14-13-22-3)20-15-17(7-6-8-17)9-12-21-2/h4-15H2,1-3H3,(H2,18,19,20). The Morgan fingerprint density at radius 1 is 1.00 bits per heavy atom. The van der Waals surface area contributed by atoms with Crippen molar-refractivity contribution in [2.75, 3.05) is 60.8 Å². The maximum absolute atomic E-state index is 5.45. The summed E-state index contributed by atoms with van der Waals surface area (Å²) in [5.74, 6) is 0.897. The molecule has 1 aliphatic rings. The molecule has 0 aliphatic heterocycles. The average molecular weight is 329 g/mol. The largest absolute Gasteiger partial charge is 0.385 e. The highest BCUT2D eigenvalue weighted by molar-refractivity contribution is 5.79. The van der Waals surface area contributed by atoms with Crippen molar-refractivity contribution in [2.45, 2.75) is 38.5 Å². The average Bonchev–Trinajstić information content (AvgIpc) is 2.53. The number of guanidine groups is 1. The summed E-state index contributed by atoms with van der Waals surface area (Å²) in [5.41, 5.74) is 0.406. The summed E-state index contributed by atoms with van der Waals surface area (Å²) in [6, 6.07) is 0. The first-order valence-corrected chi connectivity index (χ1v) is 8.76. The molecule has 0 aromatic carbocycles. The smallest absolute Gasteiger partial charge is 0.190 e. The zero-order valence-electron chi connectivity index (χ0n) is 15.2. The number of nitrogens with one attached hydrogen (secondary N) is 2. The van der Waals surface area contributed by atoms with Crippen LogP contribution in [-0.4, -0.2) is 66.7 Å². The van der Waals surface area contributed by atoms with E-state index >= 15 is 0 Å². The van der Waals surface area contributed by atoms with E-state index in [1.54, 1.807) is 14.2 Å². The lowest BCUT2D eigenvalue weighted by Crippen LogP contribution is -2.47. The lowest BCUT2D eigenvalue weighted by atomic mass is 9.67. The molecule has 0 heterocycles. The van der Waals surface area contributed by atoms with E-state index < -0.39 is 0 Å². The van der Waals surface area contributed by atoms with Gasteiger partial charge < -0.3 is 24.8 Å². The Balaban J connectivity index is 2.08. The highest BCUT2D eigenvalue weighted by Gasteiger charge is 2.36. The molecule has 0 amide bonds. The van der Waals surface area contributed by atoms with Gasteiger partial charge in [-0.3, -0.25) is 4.99 Å². The summed E-state index contributed by atoms with van der Waals surface area (Å²) >= 11 is 0. The highest BCUT2D eigenvalue weighted by Crippen LogP contribution is 2.43. The minimum atomic E-state index is 0.406. The third-order valence-corrected chi connectivity index (χ3v) is 4.54. The van der Waals surface area contributed by atoms with Crippen LogP contribution in [0.2, 0.25) is 0 Å². The number of rotatable bonds is 13. The summed E-state index contributed by atoms with van der Waals surface area (Å²) in [4.78, 5) is 4.30. The van der Waals surface area contributed by atoms with Gasteiger partial charge in [0.05, 0.1) is 13.2 Å². The molecule has 0 aromatic heterocycles. The number of unbranched alkanes of at least 4 members (excludes halogenated alkanes) is 1. The Morgan fingerprint density at radius 3 is 2.39 bits per heavy atom. The van der Waals surface area contributed by atoms with Gasteiger partial charge in [-0.2, -0.15) is 0 Å². The second-order valence-corrected chi connectivity index (χ2v) is 6.26. The van der Waals surface area contributed by atoms with Crippen molar-refractivity contribution in [1.82, 2.24) is 10.6 Å². The number of hydrogen-bond acceptors (Lipinski definition) is 4. The summed E-state index contributed by atoms with van der Waals surface area (Å²) in [6.45, 7) is 4.87. The maximum Gasteiger partial charge on any atom is 0.190 e. The van der Waals surface area contributed by atoms with Crippen molar-refractivity contribution in [3.05, 3.63) is 0 Å². The van der Waals surface area contributed by atoms with Crippen LogP contribution < -0.4 is 10.6 Å². The van der Waals surface area contributed by atoms with Crippen LogP contribution in [0, 0.1) is 5.41 Å². The number of methoxy groups -OCH3 is 2. The highest BCUT2D eigenvalue weighted by atomic mass is 16.5. The van der Waals surface area contributed by atoms with Crippen molar-refractivity contribution < 1.29 is 14.2 Å². The van der Waals surface area contributed by atoms with E-state index in [4.69, 9.17) is 14.2 Å². The fraction of sp³-hybridized carbons (Fsp3) is 0.941. The van der Waals surface area contributed by atoms with E-state index in [1.807, 2.05) is 7.05 Å². The number of aliphatic imine (C=N–C) groups is 1. The molecule has 1 saturated carbocycles. The maximum atomic E-state index is 5.45. The van der Waals surface area contributed by atoms with E-state index in [-0.39, 0.29) is 0 Å². The first kappa shape index (κ1) is 20.2. The van der Waals surface area contributed by atoms with Crippen LogP contribution in [0.4, 0.5) is 0 Å². The molecule has 0 atom stereocenters. The van der Waals surface area contributed by atoms with E-state index in [2.05, 4.69) is 15.6 Å². The lowest BCUT2D eigenvalue weighted by molar-refractivity contribution is 0.0688. The van der Waals surface area contributed by atoms with Gasteiger partial charge in [0.1, 0.15) is 0 Å². The summed E-state index contributed by atoms with van der Waals surface area (Å²) < 4.78 is 15.6. The molecule has 6 nitrogen and oxygen atoms in total. The Morgan fingerprint density at radius 2 is 1.78 bits per heavy atom. The van der Waals surface area contributed by atoms with Crippen molar-refractivity contribution in [1.29, 1.82) is 0 Å². The van der Waals surface area contributed by atoms with E-state index in [0.717, 1.165) is 51.5 Å². The second-order valence-electron chi connectivity index (χ2n) is 6.26. The quantitative estimate of drug-likeness (QED) is 0.306. The fourth-order valence-corrected chi connectivity index (χ4v) is 2.78. The van der Waals surface area contributed by atoms with Crippen molar-refractivity contribution in [3.63, 3.8) is 0 Å². The molecule has 1 rings (SSSR count). The third-order valence-electron chi connectivity index (χ3n) is 4.54. The van der Waals surface area contributed by atoms with Gasteiger partial charge >= 0.3 is 0 Å². The Bertz CT molecular complexity index is 320. The first-order chi connectivity index (χ1) is 11.3. The van der Waals surface area contributed by atoms with E-state index in [1.165, 1.54) is 19.3 Å². The van der Waals surface area contributed by atoms with Gasteiger partial charge in [-0.15, -0.1) is 0 Å². The van der Waals surface area contributed by atoms with E-state index in [0.29, 0.717) is 18.6 Å². The zero-order chi connectivity index (χ0) is 16.8. The van der Waals surface area contributed by atoms with E-state index in [9.17, 15) is 0 Å². The van der Waals surface area contributed by atoms with Gasteiger partial charge in [0, 0.05) is 47.6 Å². The van der Waals surface area contributed by atoms with Crippen molar-refractivity contribution in [2.24, 2.45) is 10.4 Å². The van der Waals surface area contributed by atoms with Crippen LogP contribution in [0.15, 0.2) is 4.99 Å². The molecular weight excluding hydrogens is 294 g/mol. The van der Waals surface area contributed by atoms with Crippen LogP contribution in [-0.2, 0) is 14.2 Å². The summed E-state index contributed by atoms with van der Waals surface area (Å²) in [7, 11) is 5.29. The number of ether oxygens (including phenoxy) is 3. The molecule has 0 bridgehead atoms. The van der Waals surface area contributed by atoms with Crippen LogP contribution in [0.3, 0.4) is 0 Å². The normalized spacial score (nSPS) is 16.9. The van der Waals surface area contributed by atoms with Crippen LogP contribution in [0.25, 0.3) is 0 Å². The predicted octanol–water partition coefficient (Wildman–Crippen LogP) is 1.80. The predicted molar refractivity (Wildman–Crippen MR) is 94.1 cm³/mol. The number of nitrogens with zero attached hydrogens (tertiary/aromatic N) is 1. The van der Waals surface area contributed by atoms with Crippen LogP contribution in [0.5, 0.6) is 0 Å². The SMILES string of the molecule is CN=C(NCCCCOCCOC)NCC1(CCOC)CCC1. The molecule has 0 radical (unpaired) electrons. The molecular formula is C17H35N3O3. The molecule has 23 heavy (non-hydrogen) atoms. The minimum Gasteiger partial charge on any atom is -0.385 e. The van der Waals surface area contributed by atoms with Crippen molar-refractivity contribution in [3.8, 4) is 0 Å². The molecule has 1 aliphatic carbocycles. The Kier molecular flexibility index (Phi) is 11.0. The lowest BCUT2D eigenvalue weighted by Gasteiger charge is -2.42. The van der Waals surface area contributed by atoms with Gasteiger partial charge in [-0.05, 0) is 37.5 Å². The van der Waals surface area contributed by atoms with Gasteiger partial charge in [0.25, 0.3) is 0 Å². The molecule has 2 N–H and O–H groups in total. The third kappa shape index (κ3) is 8.53. The first-order valence-electron chi connectivity index (χ1n) is 8.76. The molecule has 0 saturated heterocycles. The molecule has 6 heteroatoms. The summed E-state index contributed by atoms with van der Waals surface area (Å²) in [5, 5.41) is 6.85. The zero-order valence-corrected chi connectivity index (χ0v) is 15.2. The minimum absolute atomic E-state index is 0.406. The molecule has 136 valence electrons. The fourth-order valence-electron chi connectivity index (χ4n) is 2.78. The van der Waals surface area contributed by atoms with Gasteiger partial charge in [0.15, 0.2) is 5.96 Å². The van der Waals surface area contributed by atoms with Gasteiger partial charge in [-0.25, -0.2) is 0 Å². The van der Waals surface area contributed by atoms with Crippen LogP contribution >= 0.6 is 0 Å². The van der Waals surface area contributed by atoms with Crippen LogP contribution in [0.1, 0.15) is 38.5 Å². The monoisotopic (exact) mass is 329 g/mol. The number of hydrogen-bond donors (Lipinski definition) is 2. The Hall–Kier alpha value is -0.850. The molecule has 0 unspecified atom stereocenters. The molecule has 1 fully saturated rings. The Labute approximate surface area is 141 Å². The van der Waals surface area contributed by atoms with Gasteiger partial charge in [-0.1, -0.05) is 6.42 Å². The molecule has 0 aromatic rings. The summed E-state index contributed by atoms with van der Waals surface area (Å²) in [6.07, 6.45) is 7.17. The topological polar surface area (TPSA) is 64.1 Å². The van der Waals surface area contributed by atoms with Gasteiger partial charge in [0.2, 0.25) is 0 Å². The second kappa shape index (κ2) is 12.6. The van der Waals surface area contributed by atoms with Crippen molar-refractivity contribution >= 4 is 5.96 Å². The molecule has 0 spiro atoms.